The Morgan fingerprint density at radius 1 is 0.868 bits per heavy atom. The first kappa shape index (κ1) is 27.8. The molecule has 0 atom stereocenters. The Kier molecular flexibility index (Phi) is 9.22. The average Bonchev–Trinajstić information content (AvgIpc) is 2.89. The fourth-order valence-corrected chi connectivity index (χ4v) is 6.42. The van der Waals surface area contributed by atoms with Crippen LogP contribution in [0, 0.1) is 5.82 Å². The number of nitrogens with zero attached hydrogens (tertiary/aromatic N) is 2. The van der Waals surface area contributed by atoms with Crippen molar-refractivity contribution < 1.29 is 17.6 Å². The van der Waals surface area contributed by atoms with Crippen molar-refractivity contribution in [1.82, 2.24) is 9.29 Å². The number of nitrogens with one attached hydrogen (secondary N) is 1. The number of hydrogen-bond donors (Lipinski definition) is 1. The molecule has 0 unspecified atom stereocenters. The average molecular weight is 659 g/mol. The summed E-state index contributed by atoms with van der Waals surface area (Å²) >= 11 is 6.89. The molecule has 10 heteroatoms. The minimum atomic E-state index is -3.95. The van der Waals surface area contributed by atoms with Crippen LogP contribution in [0.3, 0.4) is 0 Å². The monoisotopic (exact) mass is 657 g/mol. The maximum absolute atomic E-state index is 13.7. The van der Waals surface area contributed by atoms with E-state index < -0.39 is 15.8 Å². The molecule has 194 valence electrons. The van der Waals surface area contributed by atoms with Crippen molar-refractivity contribution in [3.8, 4) is 0 Å². The summed E-state index contributed by atoms with van der Waals surface area (Å²) in [7, 11) is -3.95. The quantitative estimate of drug-likeness (QED) is 0.201. The fraction of sp³-hybridized carbons (Fsp3) is 0.0714. The summed E-state index contributed by atoms with van der Waals surface area (Å²) in [6.45, 7) is 0.140. The molecule has 0 saturated heterocycles. The summed E-state index contributed by atoms with van der Waals surface area (Å²) in [4.78, 5) is 16.3. The van der Waals surface area contributed by atoms with E-state index in [-0.39, 0.29) is 23.9 Å². The predicted octanol–water partition coefficient (Wildman–Crippen LogP) is 6.79. The van der Waals surface area contributed by atoms with Crippen LogP contribution < -0.4 is 5.32 Å². The molecule has 0 radical (unpaired) electrons. The van der Waals surface area contributed by atoms with Crippen LogP contribution in [0.5, 0.6) is 0 Å². The van der Waals surface area contributed by atoms with E-state index in [4.69, 9.17) is 0 Å². The summed E-state index contributed by atoms with van der Waals surface area (Å²) in [5.41, 5.74) is 2.69. The molecule has 3 aromatic carbocycles. The van der Waals surface area contributed by atoms with Gasteiger partial charge in [0.25, 0.3) is 0 Å². The Hall–Kier alpha value is -3.18. The normalized spacial score (nSPS) is 11.7. The highest BCUT2D eigenvalue weighted by atomic mass is 79.9. The Labute approximate surface area is 237 Å². The second kappa shape index (κ2) is 12.6. The van der Waals surface area contributed by atoms with E-state index in [9.17, 15) is 17.6 Å². The molecule has 38 heavy (non-hydrogen) atoms. The smallest absolute Gasteiger partial charge is 0.248 e. The lowest BCUT2D eigenvalue weighted by Crippen LogP contribution is -2.30. The molecular weight excluding hydrogens is 637 g/mol. The molecule has 4 aromatic rings. The maximum Gasteiger partial charge on any atom is 0.248 e. The first-order valence-corrected chi connectivity index (χ1v) is 14.4. The zero-order valence-corrected chi connectivity index (χ0v) is 23.9. The van der Waals surface area contributed by atoms with Crippen LogP contribution in [0.25, 0.3) is 6.08 Å². The summed E-state index contributed by atoms with van der Waals surface area (Å²) in [5.74, 6) is -0.747. The first-order valence-electron chi connectivity index (χ1n) is 11.4. The van der Waals surface area contributed by atoms with Crippen LogP contribution in [0.4, 0.5) is 10.1 Å². The van der Waals surface area contributed by atoms with Gasteiger partial charge in [-0.3, -0.25) is 9.78 Å². The number of aromatic nitrogens is 1. The van der Waals surface area contributed by atoms with Gasteiger partial charge >= 0.3 is 0 Å². The van der Waals surface area contributed by atoms with Crippen molar-refractivity contribution in [2.45, 2.75) is 18.0 Å². The maximum atomic E-state index is 13.7. The van der Waals surface area contributed by atoms with Crippen LogP contribution in [0.1, 0.15) is 16.7 Å². The van der Waals surface area contributed by atoms with Crippen LogP contribution in [0.2, 0.25) is 0 Å². The molecular formula is C28H22Br2FN3O3S. The number of anilines is 1. The third-order valence-electron chi connectivity index (χ3n) is 5.45. The van der Waals surface area contributed by atoms with Crippen molar-refractivity contribution in [3.63, 3.8) is 0 Å². The molecule has 0 spiro atoms. The molecule has 0 aliphatic heterocycles. The first-order chi connectivity index (χ1) is 18.2. The van der Waals surface area contributed by atoms with Gasteiger partial charge in [0.05, 0.1) is 4.90 Å². The minimum absolute atomic E-state index is 0.0467. The number of halogens is 3. The van der Waals surface area contributed by atoms with Crippen molar-refractivity contribution in [2.75, 3.05) is 5.32 Å². The highest BCUT2D eigenvalue weighted by Gasteiger charge is 2.25. The van der Waals surface area contributed by atoms with Crippen molar-refractivity contribution in [2.24, 2.45) is 0 Å². The third-order valence-corrected chi connectivity index (χ3v) is 8.17. The van der Waals surface area contributed by atoms with Crippen molar-refractivity contribution in [1.29, 1.82) is 0 Å². The van der Waals surface area contributed by atoms with Gasteiger partial charge in [0.1, 0.15) is 5.82 Å². The number of amides is 1. The van der Waals surface area contributed by atoms with Crippen LogP contribution in [-0.2, 0) is 27.9 Å². The highest BCUT2D eigenvalue weighted by Crippen LogP contribution is 2.26. The summed E-state index contributed by atoms with van der Waals surface area (Å²) in [5, 5.41) is 2.72. The van der Waals surface area contributed by atoms with Crippen LogP contribution >= 0.6 is 31.9 Å². The predicted molar refractivity (Wildman–Crippen MR) is 153 cm³/mol. The largest absolute Gasteiger partial charge is 0.323 e. The minimum Gasteiger partial charge on any atom is -0.323 e. The van der Waals surface area contributed by atoms with Crippen molar-refractivity contribution in [3.05, 3.63) is 129 Å². The second-order valence-corrected chi connectivity index (χ2v) is 12.1. The van der Waals surface area contributed by atoms with Gasteiger partial charge in [-0.05, 0) is 89.5 Å². The van der Waals surface area contributed by atoms with Crippen molar-refractivity contribution >= 4 is 59.6 Å². The number of carbonyl (C=O) groups is 1. The number of rotatable bonds is 9. The SMILES string of the molecule is O=C(/C=C/c1ccncc1)Nc1ccc(S(=O)(=O)N(Cc2ccc(F)cc2)Cc2cc(Br)cc(Br)c2)cc1. The number of benzene rings is 3. The van der Waals surface area contributed by atoms with E-state index in [1.807, 2.05) is 18.2 Å². The van der Waals surface area contributed by atoms with Gasteiger partial charge in [-0.25, -0.2) is 12.8 Å². The molecule has 1 amide bonds. The molecule has 1 aromatic heterocycles. The summed E-state index contributed by atoms with van der Waals surface area (Å²) in [6.07, 6.45) is 6.31. The standard InChI is InChI=1S/C28H22Br2FN3O3S/c29-23-15-22(16-24(30)17-23)19-34(18-21-1-4-25(31)5-2-21)38(36,37)27-8-6-26(7-9-27)33-28(35)10-3-20-11-13-32-14-12-20/h1-17H,18-19H2,(H,33,35)/b10-3+. The van der Waals surface area contributed by atoms with E-state index in [1.165, 1.54) is 46.8 Å². The van der Waals surface area contributed by atoms with E-state index in [0.29, 0.717) is 11.3 Å². The lowest BCUT2D eigenvalue weighted by Gasteiger charge is -2.23. The van der Waals surface area contributed by atoms with E-state index >= 15 is 0 Å². The van der Waals surface area contributed by atoms with Gasteiger partial charge in [0, 0.05) is 46.2 Å². The number of hydrogen-bond acceptors (Lipinski definition) is 4. The van der Waals surface area contributed by atoms with Crippen LogP contribution in [0.15, 0.2) is 111 Å². The Morgan fingerprint density at radius 3 is 2.11 bits per heavy atom. The molecule has 0 fully saturated rings. The molecule has 0 aliphatic rings. The Bertz CT molecular complexity index is 1530. The van der Waals surface area contributed by atoms with Gasteiger partial charge < -0.3 is 5.32 Å². The Morgan fingerprint density at radius 2 is 1.47 bits per heavy atom. The lowest BCUT2D eigenvalue weighted by molar-refractivity contribution is -0.111. The lowest BCUT2D eigenvalue weighted by atomic mass is 10.2. The number of sulfonamides is 1. The van der Waals surface area contributed by atoms with E-state index in [0.717, 1.165) is 20.1 Å². The van der Waals surface area contributed by atoms with Gasteiger partial charge in [-0.2, -0.15) is 4.31 Å². The van der Waals surface area contributed by atoms with E-state index in [2.05, 4.69) is 42.2 Å². The molecule has 1 N–H and O–H groups in total. The summed E-state index contributed by atoms with van der Waals surface area (Å²) < 4.78 is 43.8. The van der Waals surface area contributed by atoms with Gasteiger partial charge in [-0.15, -0.1) is 0 Å². The third kappa shape index (κ3) is 7.67. The topological polar surface area (TPSA) is 79.4 Å². The number of carbonyl (C=O) groups excluding carboxylic acids is 1. The van der Waals surface area contributed by atoms with Gasteiger partial charge in [-0.1, -0.05) is 44.0 Å². The molecule has 0 aliphatic carbocycles. The van der Waals surface area contributed by atoms with Gasteiger partial charge in [0.2, 0.25) is 15.9 Å². The summed E-state index contributed by atoms with van der Waals surface area (Å²) in [6, 6.07) is 20.8. The molecule has 4 rings (SSSR count). The second-order valence-electron chi connectivity index (χ2n) is 8.30. The highest BCUT2D eigenvalue weighted by molar-refractivity contribution is 9.11. The molecule has 0 saturated carbocycles. The van der Waals surface area contributed by atoms with E-state index in [1.54, 1.807) is 42.7 Å². The van der Waals surface area contributed by atoms with Crippen LogP contribution in [-0.4, -0.2) is 23.6 Å². The molecule has 6 nitrogen and oxygen atoms in total. The van der Waals surface area contributed by atoms with Gasteiger partial charge in [0.15, 0.2) is 0 Å². The molecule has 1 heterocycles. The zero-order chi connectivity index (χ0) is 27.1. The Balaban J connectivity index is 1.55. The molecule has 0 bridgehead atoms. The zero-order valence-electron chi connectivity index (χ0n) is 19.9. The fourth-order valence-electron chi connectivity index (χ4n) is 3.61. The number of pyridine rings is 1.